The van der Waals surface area contributed by atoms with Crippen molar-refractivity contribution < 1.29 is 19.1 Å². The fraction of sp³-hybridized carbons (Fsp3) is 0.100. The van der Waals surface area contributed by atoms with Crippen LogP contribution in [0.4, 0.5) is 0 Å². The monoisotopic (exact) mass is 345 g/mol. The maximum absolute atomic E-state index is 12.7. The molecule has 0 atom stereocenters. The first-order valence-corrected chi connectivity index (χ1v) is 8.07. The predicted molar refractivity (Wildman–Crippen MR) is 93.1 cm³/mol. The van der Waals surface area contributed by atoms with Crippen molar-refractivity contribution in [3.8, 4) is 0 Å². The van der Waals surface area contributed by atoms with Gasteiger partial charge in [0.25, 0.3) is 0 Å². The highest BCUT2D eigenvalue weighted by Gasteiger charge is 2.29. The van der Waals surface area contributed by atoms with Crippen molar-refractivity contribution in [2.45, 2.75) is 6.42 Å². The molecule has 1 aliphatic carbocycles. The summed E-state index contributed by atoms with van der Waals surface area (Å²) in [6, 6.07) is 11.9. The maximum Gasteiger partial charge on any atom is 0.376 e. The number of benzene rings is 2. The third-order valence-corrected chi connectivity index (χ3v) is 4.26. The van der Waals surface area contributed by atoms with Gasteiger partial charge in [0.15, 0.2) is 11.6 Å². The normalized spacial score (nSPS) is 14.4. The van der Waals surface area contributed by atoms with Crippen molar-refractivity contribution in [2.75, 3.05) is 6.61 Å². The predicted octanol–water partition coefficient (Wildman–Crippen LogP) is 2.04. The van der Waals surface area contributed by atoms with Crippen molar-refractivity contribution in [1.29, 1.82) is 0 Å². The van der Waals surface area contributed by atoms with Gasteiger partial charge in [0.2, 0.25) is 5.84 Å². The molecule has 6 nitrogen and oxygen atoms in total. The van der Waals surface area contributed by atoms with Crippen LogP contribution in [0.2, 0.25) is 0 Å². The van der Waals surface area contributed by atoms with E-state index in [9.17, 15) is 14.4 Å². The lowest BCUT2D eigenvalue weighted by atomic mass is 9.83. The van der Waals surface area contributed by atoms with Crippen LogP contribution < -0.4 is 5.32 Å². The van der Waals surface area contributed by atoms with E-state index in [-0.39, 0.29) is 24.0 Å². The van der Waals surface area contributed by atoms with Crippen LogP contribution in [0.1, 0.15) is 37.4 Å². The van der Waals surface area contributed by atoms with E-state index < -0.39 is 5.97 Å². The average molecular weight is 345 g/mol. The Kier molecular flexibility index (Phi) is 3.93. The SMILES string of the molecule is O=C(OCCc1ccc2c(c1)C(=O)c1ccccc1C2=O)C1=NC=C[N]1. The largest absolute Gasteiger partial charge is 0.459 e. The molecule has 26 heavy (non-hydrogen) atoms. The summed E-state index contributed by atoms with van der Waals surface area (Å²) in [6.45, 7) is 0.130. The van der Waals surface area contributed by atoms with Gasteiger partial charge >= 0.3 is 5.97 Å². The van der Waals surface area contributed by atoms with Gasteiger partial charge in [-0.2, -0.15) is 0 Å². The van der Waals surface area contributed by atoms with Crippen LogP contribution in [0.25, 0.3) is 0 Å². The lowest BCUT2D eigenvalue weighted by molar-refractivity contribution is -0.135. The van der Waals surface area contributed by atoms with Gasteiger partial charge < -0.3 is 4.74 Å². The Morgan fingerprint density at radius 3 is 2.27 bits per heavy atom. The molecule has 2 aromatic carbocycles. The number of fused-ring (bicyclic) bond motifs is 2. The number of nitrogens with zero attached hydrogens (tertiary/aromatic N) is 2. The summed E-state index contributed by atoms with van der Waals surface area (Å²) in [5.41, 5.74) is 2.44. The molecular formula is C20H13N2O4. The van der Waals surface area contributed by atoms with Crippen LogP contribution in [0.5, 0.6) is 0 Å². The van der Waals surface area contributed by atoms with Crippen LogP contribution in [0.15, 0.2) is 59.9 Å². The van der Waals surface area contributed by atoms with Gasteiger partial charge in [0.05, 0.1) is 6.61 Å². The fourth-order valence-corrected chi connectivity index (χ4v) is 2.97. The summed E-state index contributed by atoms with van der Waals surface area (Å²) in [5, 5.41) is 3.77. The number of rotatable bonds is 4. The molecule has 0 amide bonds. The number of hydrogen-bond acceptors (Lipinski definition) is 5. The van der Waals surface area contributed by atoms with Gasteiger partial charge in [-0.1, -0.05) is 36.4 Å². The average Bonchev–Trinajstić information content (AvgIpc) is 3.21. The molecule has 4 rings (SSSR count). The smallest absolute Gasteiger partial charge is 0.376 e. The molecule has 0 N–H and O–H groups in total. The molecular weight excluding hydrogens is 332 g/mol. The number of ether oxygens (including phenoxy) is 1. The molecule has 1 radical (unpaired) electrons. The zero-order valence-electron chi connectivity index (χ0n) is 13.6. The number of ketones is 2. The van der Waals surface area contributed by atoms with Crippen LogP contribution in [0, 0.1) is 0 Å². The number of carbonyl (C=O) groups excluding carboxylic acids is 3. The Morgan fingerprint density at radius 1 is 0.885 bits per heavy atom. The van der Waals surface area contributed by atoms with Crippen molar-refractivity contribution in [2.24, 2.45) is 4.99 Å². The maximum atomic E-state index is 12.7. The molecule has 0 spiro atoms. The number of amidine groups is 1. The molecule has 2 aromatic rings. The standard InChI is InChI=1S/C20H13N2O4/c23-17-13-3-1-2-4-14(13)18(24)16-11-12(5-6-15(16)17)7-10-26-20(25)19-21-8-9-22-19/h1-6,8-9,11H,7,10H2. The third kappa shape index (κ3) is 2.71. The number of carbonyl (C=O) groups is 3. The van der Waals surface area contributed by atoms with Crippen molar-refractivity contribution in [3.05, 3.63) is 82.7 Å². The quantitative estimate of drug-likeness (QED) is 0.677. The molecule has 127 valence electrons. The Balaban J connectivity index is 1.50. The summed E-state index contributed by atoms with van der Waals surface area (Å²) < 4.78 is 5.12. The highest BCUT2D eigenvalue weighted by Crippen LogP contribution is 2.27. The topological polar surface area (TPSA) is 86.9 Å². The molecule has 2 aliphatic rings. The van der Waals surface area contributed by atoms with E-state index in [1.165, 1.54) is 12.4 Å². The van der Waals surface area contributed by atoms with E-state index in [0.717, 1.165) is 5.56 Å². The lowest BCUT2D eigenvalue weighted by Gasteiger charge is -2.18. The second-order valence-electron chi connectivity index (χ2n) is 5.85. The Bertz CT molecular complexity index is 1000. The van der Waals surface area contributed by atoms with Gasteiger partial charge in [-0.25, -0.2) is 15.1 Å². The van der Waals surface area contributed by atoms with E-state index in [1.54, 1.807) is 42.5 Å². The van der Waals surface area contributed by atoms with E-state index in [4.69, 9.17) is 4.74 Å². The Labute approximate surface area is 149 Å². The van der Waals surface area contributed by atoms with Gasteiger partial charge in [-0.15, -0.1) is 0 Å². The first-order valence-electron chi connectivity index (χ1n) is 8.07. The first-order chi connectivity index (χ1) is 12.6. The van der Waals surface area contributed by atoms with Gasteiger partial charge in [-0.05, 0) is 11.6 Å². The minimum Gasteiger partial charge on any atom is -0.459 e. The zero-order chi connectivity index (χ0) is 18.1. The summed E-state index contributed by atoms with van der Waals surface area (Å²) in [4.78, 5) is 40.7. The van der Waals surface area contributed by atoms with Crippen molar-refractivity contribution in [1.82, 2.24) is 5.32 Å². The molecule has 0 saturated heterocycles. The van der Waals surface area contributed by atoms with E-state index in [2.05, 4.69) is 10.3 Å². The van der Waals surface area contributed by atoms with Crippen LogP contribution >= 0.6 is 0 Å². The summed E-state index contributed by atoms with van der Waals surface area (Å²) in [7, 11) is 0. The molecule has 6 heteroatoms. The summed E-state index contributed by atoms with van der Waals surface area (Å²) in [5.74, 6) is -0.887. The summed E-state index contributed by atoms with van der Waals surface area (Å²) >= 11 is 0. The Morgan fingerprint density at radius 2 is 1.58 bits per heavy atom. The van der Waals surface area contributed by atoms with Crippen LogP contribution in [-0.4, -0.2) is 30.0 Å². The fourth-order valence-electron chi connectivity index (χ4n) is 2.97. The van der Waals surface area contributed by atoms with Crippen LogP contribution in [-0.2, 0) is 16.0 Å². The number of hydrogen-bond donors (Lipinski definition) is 0. The van der Waals surface area contributed by atoms with Gasteiger partial charge in [-0.3, -0.25) is 9.59 Å². The molecule has 0 aromatic heterocycles. The lowest BCUT2D eigenvalue weighted by Crippen LogP contribution is -2.23. The molecule has 1 aliphatic heterocycles. The van der Waals surface area contributed by atoms with Gasteiger partial charge in [0.1, 0.15) is 0 Å². The highest BCUT2D eigenvalue weighted by atomic mass is 16.5. The summed E-state index contributed by atoms with van der Waals surface area (Å²) in [6.07, 6.45) is 3.25. The highest BCUT2D eigenvalue weighted by molar-refractivity contribution is 6.36. The van der Waals surface area contributed by atoms with Crippen LogP contribution in [0.3, 0.4) is 0 Å². The molecule has 0 unspecified atom stereocenters. The van der Waals surface area contributed by atoms with E-state index in [0.29, 0.717) is 28.7 Å². The zero-order valence-corrected chi connectivity index (χ0v) is 13.6. The van der Waals surface area contributed by atoms with Gasteiger partial charge in [0, 0.05) is 41.1 Å². The number of esters is 1. The second-order valence-corrected chi connectivity index (χ2v) is 5.85. The Hall–Kier alpha value is -3.54. The van der Waals surface area contributed by atoms with Crippen molar-refractivity contribution >= 4 is 23.4 Å². The first kappa shape index (κ1) is 16.0. The minimum atomic E-state index is -0.590. The minimum absolute atomic E-state index is 0.0211. The molecule has 0 saturated carbocycles. The second kappa shape index (κ2) is 6.40. The van der Waals surface area contributed by atoms with Crippen molar-refractivity contribution in [3.63, 3.8) is 0 Å². The van der Waals surface area contributed by atoms with E-state index in [1.807, 2.05) is 0 Å². The molecule has 1 heterocycles. The molecule has 0 bridgehead atoms. The molecule has 0 fully saturated rings. The van der Waals surface area contributed by atoms with E-state index >= 15 is 0 Å². The third-order valence-electron chi connectivity index (χ3n) is 4.26. The number of aliphatic imine (C=N–C) groups is 1.